The summed E-state index contributed by atoms with van der Waals surface area (Å²) in [6.45, 7) is 18.6. The fourth-order valence-electron chi connectivity index (χ4n) is 5.56. The van der Waals surface area contributed by atoms with E-state index in [-0.39, 0.29) is 28.1 Å². The number of fused-ring (bicyclic) bond motifs is 1. The molecule has 1 aliphatic rings. The normalized spacial score (nSPS) is 15.8. The first kappa shape index (κ1) is 25.7. The zero-order chi connectivity index (χ0) is 29.6. The number of H-pyrrole nitrogens is 1. The van der Waals surface area contributed by atoms with E-state index in [1.807, 2.05) is 0 Å². The number of anilines is 1. The van der Waals surface area contributed by atoms with Gasteiger partial charge in [-0.3, -0.25) is 14.5 Å². The van der Waals surface area contributed by atoms with Gasteiger partial charge in [0, 0.05) is 44.9 Å². The predicted molar refractivity (Wildman–Crippen MR) is 150 cm³/mol. The van der Waals surface area contributed by atoms with Gasteiger partial charge in [0.15, 0.2) is 0 Å². The molecule has 1 aromatic carbocycles. The van der Waals surface area contributed by atoms with Crippen LogP contribution in [0.2, 0.25) is 0 Å². The molecule has 2 heterocycles. The van der Waals surface area contributed by atoms with Crippen LogP contribution in [0.1, 0.15) is 94.7 Å². The number of aromatic nitrogens is 1. The standard InChI is InChI=1S/C30H43FN4O2/c1-11-13-35(17(3)4)30(8,9)16-34(10)29(37)26-20(7)32-25(21(26)12-2)15-23-22-14-24(31)18(5)19(6)27(22)33-28(23)36/h14-15,17,32H,11-13,16H2,1-10H3,(H,33,36)/b23-15-/i12D2. The maximum atomic E-state index is 14.6. The van der Waals surface area contributed by atoms with Crippen molar-refractivity contribution in [2.45, 2.75) is 86.7 Å². The predicted octanol–water partition coefficient (Wildman–Crippen LogP) is 6.11. The maximum Gasteiger partial charge on any atom is 0.256 e. The smallest absolute Gasteiger partial charge is 0.256 e. The minimum atomic E-state index is -1.89. The molecule has 1 aliphatic heterocycles. The highest BCUT2D eigenvalue weighted by Gasteiger charge is 2.33. The van der Waals surface area contributed by atoms with Gasteiger partial charge in [0.1, 0.15) is 5.82 Å². The van der Waals surface area contributed by atoms with Crippen molar-refractivity contribution in [1.82, 2.24) is 14.8 Å². The van der Waals surface area contributed by atoms with E-state index in [1.165, 1.54) is 19.1 Å². The van der Waals surface area contributed by atoms with Crippen molar-refractivity contribution < 1.29 is 16.7 Å². The molecule has 202 valence electrons. The van der Waals surface area contributed by atoms with Crippen LogP contribution in [0.4, 0.5) is 10.1 Å². The molecule has 2 amide bonds. The third kappa shape index (κ3) is 5.37. The number of carbonyl (C=O) groups excluding carboxylic acids is 2. The lowest BCUT2D eigenvalue weighted by Gasteiger charge is -2.43. The molecule has 0 saturated carbocycles. The lowest BCUT2D eigenvalue weighted by Crippen LogP contribution is -2.55. The van der Waals surface area contributed by atoms with Gasteiger partial charge in [-0.25, -0.2) is 4.39 Å². The summed E-state index contributed by atoms with van der Waals surface area (Å²) in [5.41, 5.74) is 3.27. The molecule has 6 nitrogen and oxygen atoms in total. The number of rotatable bonds is 9. The van der Waals surface area contributed by atoms with E-state index in [1.54, 1.807) is 32.7 Å². The first-order valence-corrected chi connectivity index (χ1v) is 13.0. The van der Waals surface area contributed by atoms with Gasteiger partial charge in [0.05, 0.1) is 16.8 Å². The monoisotopic (exact) mass is 512 g/mol. The second-order valence-electron chi connectivity index (χ2n) is 11.0. The number of amides is 2. The van der Waals surface area contributed by atoms with Crippen LogP contribution in [-0.2, 0) is 11.2 Å². The van der Waals surface area contributed by atoms with Gasteiger partial charge in [-0.05, 0) is 96.6 Å². The van der Waals surface area contributed by atoms with E-state index in [9.17, 15) is 14.0 Å². The maximum absolute atomic E-state index is 14.6. The van der Waals surface area contributed by atoms with Gasteiger partial charge in [-0.2, -0.15) is 0 Å². The number of carbonyl (C=O) groups is 2. The Morgan fingerprint density at radius 3 is 2.43 bits per heavy atom. The molecule has 0 unspecified atom stereocenters. The molecule has 1 aromatic heterocycles. The third-order valence-corrected chi connectivity index (χ3v) is 7.41. The van der Waals surface area contributed by atoms with Gasteiger partial charge < -0.3 is 15.2 Å². The highest BCUT2D eigenvalue weighted by molar-refractivity contribution is 6.35. The SMILES string of the molecule is [2H]C([2H])(C)c1c(/C=C2\C(=O)Nc3c2cc(F)c(C)c3C)[nH]c(C)c1C(=O)N(C)CC(C)(C)N(CCC)C(C)C. The molecule has 2 aromatic rings. The third-order valence-electron chi connectivity index (χ3n) is 7.41. The summed E-state index contributed by atoms with van der Waals surface area (Å²) >= 11 is 0. The van der Waals surface area contributed by atoms with Crippen molar-refractivity contribution in [2.75, 3.05) is 25.5 Å². The Kier molecular flexibility index (Phi) is 7.52. The van der Waals surface area contributed by atoms with E-state index >= 15 is 0 Å². The summed E-state index contributed by atoms with van der Waals surface area (Å²) in [5, 5.41) is 2.82. The molecule has 7 heteroatoms. The van der Waals surface area contributed by atoms with Crippen LogP contribution < -0.4 is 5.32 Å². The number of likely N-dealkylation sites (N-methyl/N-ethyl adjacent to an activating group) is 1. The number of benzene rings is 1. The molecule has 0 aliphatic carbocycles. The summed E-state index contributed by atoms with van der Waals surface area (Å²) in [7, 11) is 1.74. The minimum absolute atomic E-state index is 0.182. The number of nitrogens with one attached hydrogen (secondary N) is 2. The molecule has 3 rings (SSSR count). The van der Waals surface area contributed by atoms with Gasteiger partial charge >= 0.3 is 0 Å². The molecule has 0 saturated heterocycles. The second kappa shape index (κ2) is 10.8. The number of aryl methyl sites for hydroxylation is 1. The molecule has 0 radical (unpaired) electrons. The Bertz CT molecular complexity index is 1320. The molecular weight excluding hydrogens is 467 g/mol. The van der Waals surface area contributed by atoms with Crippen LogP contribution in [0, 0.1) is 26.6 Å². The zero-order valence-electron chi connectivity index (χ0n) is 25.9. The van der Waals surface area contributed by atoms with Crippen LogP contribution in [0.25, 0.3) is 11.6 Å². The number of aromatic amines is 1. The average Bonchev–Trinajstić information content (AvgIpc) is 3.31. The Labute approximate surface area is 224 Å². The molecule has 0 spiro atoms. The summed E-state index contributed by atoms with van der Waals surface area (Å²) < 4.78 is 31.8. The molecule has 0 atom stereocenters. The van der Waals surface area contributed by atoms with Gasteiger partial charge in [0.25, 0.3) is 11.8 Å². The van der Waals surface area contributed by atoms with Gasteiger partial charge in [-0.15, -0.1) is 0 Å². The van der Waals surface area contributed by atoms with Gasteiger partial charge in [-0.1, -0.05) is 13.8 Å². The summed E-state index contributed by atoms with van der Waals surface area (Å²) in [5.74, 6) is -1.11. The summed E-state index contributed by atoms with van der Waals surface area (Å²) in [6.07, 6.45) is 0.632. The molecular formula is C30H43FN4O2. The van der Waals surface area contributed by atoms with Crippen molar-refractivity contribution in [3.05, 3.63) is 51.1 Å². The lowest BCUT2D eigenvalue weighted by molar-refractivity contribution is -0.110. The van der Waals surface area contributed by atoms with E-state index < -0.39 is 18.1 Å². The fourth-order valence-corrected chi connectivity index (χ4v) is 5.56. The van der Waals surface area contributed by atoms with Crippen LogP contribution in [0.15, 0.2) is 6.07 Å². The molecule has 0 fully saturated rings. The lowest BCUT2D eigenvalue weighted by atomic mass is 9.97. The quantitative estimate of drug-likeness (QED) is 0.399. The summed E-state index contributed by atoms with van der Waals surface area (Å²) in [4.78, 5) is 34.0. The van der Waals surface area contributed by atoms with Crippen molar-refractivity contribution in [3.63, 3.8) is 0 Å². The van der Waals surface area contributed by atoms with Crippen molar-refractivity contribution in [3.8, 4) is 0 Å². The second-order valence-corrected chi connectivity index (χ2v) is 11.0. The van der Waals surface area contributed by atoms with E-state index in [0.29, 0.717) is 46.4 Å². The number of hydrogen-bond acceptors (Lipinski definition) is 3. The van der Waals surface area contributed by atoms with Crippen molar-refractivity contribution in [1.29, 1.82) is 0 Å². The number of nitrogens with zero attached hydrogens (tertiary/aromatic N) is 2. The largest absolute Gasteiger partial charge is 0.358 e. The first-order chi connectivity index (χ1) is 17.9. The number of hydrogen-bond donors (Lipinski definition) is 2. The first-order valence-electron chi connectivity index (χ1n) is 14.0. The fraction of sp³-hybridized carbons (Fsp3) is 0.533. The number of halogens is 1. The van der Waals surface area contributed by atoms with Crippen LogP contribution >= 0.6 is 0 Å². The Morgan fingerprint density at radius 2 is 1.86 bits per heavy atom. The highest BCUT2D eigenvalue weighted by atomic mass is 19.1. The topological polar surface area (TPSA) is 68.4 Å². The Balaban J connectivity index is 2.09. The van der Waals surface area contributed by atoms with Gasteiger partial charge in [0.2, 0.25) is 0 Å². The summed E-state index contributed by atoms with van der Waals surface area (Å²) in [6, 6.07) is 1.63. The average molecular weight is 513 g/mol. The Hall–Kier alpha value is -2.93. The van der Waals surface area contributed by atoms with E-state index in [4.69, 9.17) is 2.74 Å². The van der Waals surface area contributed by atoms with Crippen molar-refractivity contribution >= 4 is 29.2 Å². The molecule has 2 N–H and O–H groups in total. The molecule has 0 bridgehead atoms. The van der Waals surface area contributed by atoms with Crippen LogP contribution in [-0.4, -0.2) is 58.3 Å². The highest BCUT2D eigenvalue weighted by Crippen LogP contribution is 2.38. The van der Waals surface area contributed by atoms with Crippen LogP contribution in [0.5, 0.6) is 0 Å². The van der Waals surface area contributed by atoms with Crippen molar-refractivity contribution in [2.24, 2.45) is 0 Å². The van der Waals surface area contributed by atoms with E-state index in [2.05, 4.69) is 49.8 Å². The Morgan fingerprint density at radius 1 is 1.22 bits per heavy atom. The molecule has 37 heavy (non-hydrogen) atoms. The zero-order valence-corrected chi connectivity index (χ0v) is 23.9. The minimum Gasteiger partial charge on any atom is -0.358 e. The van der Waals surface area contributed by atoms with E-state index in [0.717, 1.165) is 13.0 Å². The van der Waals surface area contributed by atoms with Crippen LogP contribution in [0.3, 0.4) is 0 Å².